The highest BCUT2D eigenvalue weighted by Gasteiger charge is 2.45. The van der Waals surface area contributed by atoms with E-state index in [-0.39, 0.29) is 11.6 Å². The molecular formula is C16H27NO2. The monoisotopic (exact) mass is 265 g/mol. The molecule has 108 valence electrons. The normalized spacial score (nSPS) is 23.2. The highest BCUT2D eigenvalue weighted by atomic mass is 16.5. The zero-order valence-corrected chi connectivity index (χ0v) is 12.7. The van der Waals surface area contributed by atoms with Crippen LogP contribution in [0.1, 0.15) is 58.3 Å². The molecule has 19 heavy (non-hydrogen) atoms. The highest BCUT2D eigenvalue weighted by Crippen LogP contribution is 2.47. The first-order valence-corrected chi connectivity index (χ1v) is 7.38. The maximum absolute atomic E-state index is 6.22. The van der Waals surface area contributed by atoms with Crippen LogP contribution in [0.25, 0.3) is 0 Å². The summed E-state index contributed by atoms with van der Waals surface area (Å²) in [6.45, 7) is 7.53. The molecule has 3 nitrogen and oxygen atoms in total. The van der Waals surface area contributed by atoms with Crippen LogP contribution in [0, 0.1) is 5.41 Å². The van der Waals surface area contributed by atoms with Gasteiger partial charge in [-0.25, -0.2) is 0 Å². The van der Waals surface area contributed by atoms with Crippen LogP contribution < -0.4 is 5.32 Å². The Hall–Kier alpha value is -0.800. The highest BCUT2D eigenvalue weighted by molar-refractivity contribution is 5.12. The molecule has 2 rings (SSSR count). The SMILES string of the molecule is CCOC1(C(NC)c2ccco2)CCC(C)(C)CC1. The van der Waals surface area contributed by atoms with E-state index in [4.69, 9.17) is 9.15 Å². The summed E-state index contributed by atoms with van der Waals surface area (Å²) in [5.41, 5.74) is 0.304. The van der Waals surface area contributed by atoms with Gasteiger partial charge in [-0.3, -0.25) is 0 Å². The zero-order chi connectivity index (χ0) is 13.9. The topological polar surface area (TPSA) is 34.4 Å². The van der Waals surface area contributed by atoms with Gasteiger partial charge in [-0.1, -0.05) is 13.8 Å². The third-order valence-corrected chi connectivity index (χ3v) is 4.52. The summed E-state index contributed by atoms with van der Waals surface area (Å²) < 4.78 is 11.8. The standard InChI is InChI=1S/C16H27NO2/c1-5-19-16(10-8-15(2,3)9-11-16)14(17-4)13-7-6-12-18-13/h6-7,12,14,17H,5,8-11H2,1-4H3. The molecule has 0 saturated heterocycles. The summed E-state index contributed by atoms with van der Waals surface area (Å²) in [6.07, 6.45) is 6.31. The van der Waals surface area contributed by atoms with Gasteiger partial charge in [0.15, 0.2) is 0 Å². The van der Waals surface area contributed by atoms with Gasteiger partial charge in [0, 0.05) is 6.61 Å². The van der Waals surface area contributed by atoms with Crippen molar-refractivity contribution >= 4 is 0 Å². The predicted molar refractivity (Wildman–Crippen MR) is 77.1 cm³/mol. The molecule has 1 aromatic heterocycles. The van der Waals surface area contributed by atoms with Gasteiger partial charge in [0.25, 0.3) is 0 Å². The molecule has 1 unspecified atom stereocenters. The second kappa shape index (κ2) is 5.68. The molecule has 0 bridgehead atoms. The quantitative estimate of drug-likeness (QED) is 0.876. The van der Waals surface area contributed by atoms with E-state index in [0.717, 1.165) is 25.2 Å². The first-order chi connectivity index (χ1) is 9.03. The lowest BCUT2D eigenvalue weighted by Gasteiger charge is -2.46. The molecule has 1 aromatic rings. The molecule has 0 aromatic carbocycles. The van der Waals surface area contributed by atoms with Gasteiger partial charge in [0.05, 0.1) is 17.9 Å². The van der Waals surface area contributed by atoms with Crippen molar-refractivity contribution in [3.8, 4) is 0 Å². The van der Waals surface area contributed by atoms with Gasteiger partial charge in [-0.15, -0.1) is 0 Å². The number of furan rings is 1. The third kappa shape index (κ3) is 3.03. The van der Waals surface area contributed by atoms with E-state index in [2.05, 4.69) is 26.1 Å². The van der Waals surface area contributed by atoms with Crippen LogP contribution in [0.2, 0.25) is 0 Å². The van der Waals surface area contributed by atoms with Crippen LogP contribution in [0.3, 0.4) is 0 Å². The summed E-state index contributed by atoms with van der Waals surface area (Å²) in [4.78, 5) is 0. The summed E-state index contributed by atoms with van der Waals surface area (Å²) in [7, 11) is 1.99. The number of hydrogen-bond donors (Lipinski definition) is 1. The fraction of sp³-hybridized carbons (Fsp3) is 0.750. The molecule has 0 amide bonds. The number of hydrogen-bond acceptors (Lipinski definition) is 3. The van der Waals surface area contributed by atoms with E-state index in [1.54, 1.807) is 6.26 Å². The molecule has 1 aliphatic carbocycles. The van der Waals surface area contributed by atoms with Crippen molar-refractivity contribution in [2.75, 3.05) is 13.7 Å². The first-order valence-electron chi connectivity index (χ1n) is 7.38. The van der Waals surface area contributed by atoms with E-state index in [9.17, 15) is 0 Å². The Labute approximate surface area is 116 Å². The molecule has 1 atom stereocenters. The molecule has 1 heterocycles. The maximum atomic E-state index is 6.22. The lowest BCUT2D eigenvalue weighted by molar-refractivity contribution is -0.110. The minimum Gasteiger partial charge on any atom is -0.468 e. The third-order valence-electron chi connectivity index (χ3n) is 4.52. The van der Waals surface area contributed by atoms with Crippen molar-refractivity contribution in [2.45, 2.75) is 58.1 Å². The number of ether oxygens (including phenoxy) is 1. The van der Waals surface area contributed by atoms with E-state index < -0.39 is 0 Å². The zero-order valence-electron chi connectivity index (χ0n) is 12.7. The Kier molecular flexibility index (Phi) is 4.36. The van der Waals surface area contributed by atoms with E-state index in [1.807, 2.05) is 19.2 Å². The van der Waals surface area contributed by atoms with Crippen LogP contribution >= 0.6 is 0 Å². The summed E-state index contributed by atoms with van der Waals surface area (Å²) >= 11 is 0. The maximum Gasteiger partial charge on any atom is 0.123 e. The molecular weight excluding hydrogens is 238 g/mol. The minimum atomic E-state index is -0.128. The Morgan fingerprint density at radius 3 is 2.47 bits per heavy atom. The molecule has 3 heteroatoms. The average molecular weight is 265 g/mol. The number of likely N-dealkylation sites (N-methyl/N-ethyl adjacent to an activating group) is 1. The van der Waals surface area contributed by atoms with Crippen molar-refractivity contribution in [2.24, 2.45) is 5.41 Å². The van der Waals surface area contributed by atoms with Crippen molar-refractivity contribution in [1.82, 2.24) is 5.32 Å². The van der Waals surface area contributed by atoms with E-state index in [1.165, 1.54) is 12.8 Å². The molecule has 1 N–H and O–H groups in total. The Balaban J connectivity index is 2.23. The minimum absolute atomic E-state index is 0.128. The Morgan fingerprint density at radius 2 is 2.00 bits per heavy atom. The molecule has 1 fully saturated rings. The number of rotatable bonds is 5. The van der Waals surface area contributed by atoms with Crippen LogP contribution in [-0.2, 0) is 4.74 Å². The summed E-state index contributed by atoms with van der Waals surface area (Å²) in [5, 5.41) is 3.41. The summed E-state index contributed by atoms with van der Waals surface area (Å²) in [6, 6.07) is 4.13. The Bertz CT molecular complexity index is 373. The van der Waals surface area contributed by atoms with Crippen molar-refractivity contribution < 1.29 is 9.15 Å². The lowest BCUT2D eigenvalue weighted by Crippen LogP contribution is -2.48. The lowest BCUT2D eigenvalue weighted by atomic mass is 9.68. The Morgan fingerprint density at radius 1 is 1.32 bits per heavy atom. The molecule has 1 saturated carbocycles. The largest absolute Gasteiger partial charge is 0.468 e. The van der Waals surface area contributed by atoms with E-state index >= 15 is 0 Å². The second-order valence-electron chi connectivity index (χ2n) is 6.40. The van der Waals surface area contributed by atoms with Crippen LogP contribution in [0.4, 0.5) is 0 Å². The van der Waals surface area contributed by atoms with Gasteiger partial charge in [0.1, 0.15) is 5.76 Å². The predicted octanol–water partition coefficient (Wildman–Crippen LogP) is 3.92. The van der Waals surface area contributed by atoms with Crippen LogP contribution in [-0.4, -0.2) is 19.3 Å². The smallest absolute Gasteiger partial charge is 0.123 e. The van der Waals surface area contributed by atoms with Crippen LogP contribution in [0.5, 0.6) is 0 Å². The molecule has 0 spiro atoms. The van der Waals surface area contributed by atoms with Gasteiger partial charge >= 0.3 is 0 Å². The van der Waals surface area contributed by atoms with Crippen LogP contribution in [0.15, 0.2) is 22.8 Å². The second-order valence-corrected chi connectivity index (χ2v) is 6.40. The van der Waals surface area contributed by atoms with Gasteiger partial charge in [-0.2, -0.15) is 0 Å². The van der Waals surface area contributed by atoms with Crippen molar-refractivity contribution in [3.05, 3.63) is 24.2 Å². The molecule has 0 aliphatic heterocycles. The van der Waals surface area contributed by atoms with Crippen molar-refractivity contribution in [1.29, 1.82) is 0 Å². The molecule has 1 aliphatic rings. The average Bonchev–Trinajstić information content (AvgIpc) is 2.88. The fourth-order valence-electron chi connectivity index (χ4n) is 3.27. The summed E-state index contributed by atoms with van der Waals surface area (Å²) in [5.74, 6) is 0.982. The molecule has 0 radical (unpaired) electrons. The number of nitrogens with one attached hydrogen (secondary N) is 1. The van der Waals surface area contributed by atoms with E-state index in [0.29, 0.717) is 5.41 Å². The fourth-order valence-corrected chi connectivity index (χ4v) is 3.27. The van der Waals surface area contributed by atoms with Crippen molar-refractivity contribution in [3.63, 3.8) is 0 Å². The van der Waals surface area contributed by atoms with Gasteiger partial charge in [-0.05, 0) is 57.2 Å². The van der Waals surface area contributed by atoms with Gasteiger partial charge < -0.3 is 14.5 Å². The first kappa shape index (κ1) is 14.6. The van der Waals surface area contributed by atoms with Gasteiger partial charge in [0.2, 0.25) is 0 Å².